The lowest BCUT2D eigenvalue weighted by Crippen LogP contribution is -1.81. The lowest BCUT2D eigenvalue weighted by Gasteiger charge is -1.99. The van der Waals surface area contributed by atoms with Crippen LogP contribution in [0.1, 0.15) is 0 Å². The van der Waals surface area contributed by atoms with Gasteiger partial charge in [-0.15, -0.1) is 10.2 Å². The molecular formula is C8H5Br2N3S3. The van der Waals surface area contributed by atoms with Crippen molar-refractivity contribution in [3.63, 3.8) is 0 Å². The lowest BCUT2D eigenvalue weighted by molar-refractivity contribution is 0.952. The summed E-state index contributed by atoms with van der Waals surface area (Å²) in [7, 11) is 0. The summed E-state index contributed by atoms with van der Waals surface area (Å²) >= 11 is 11.5. The van der Waals surface area contributed by atoms with Gasteiger partial charge in [0.1, 0.15) is 5.03 Å². The Morgan fingerprint density at radius 1 is 1.25 bits per heavy atom. The maximum Gasteiger partial charge on any atom is 0.181 e. The Labute approximate surface area is 122 Å². The molecule has 3 nitrogen and oxygen atoms in total. The van der Waals surface area contributed by atoms with Crippen LogP contribution in [0.5, 0.6) is 0 Å². The van der Waals surface area contributed by atoms with Crippen molar-refractivity contribution in [3.05, 3.63) is 21.2 Å². The summed E-state index contributed by atoms with van der Waals surface area (Å²) in [5, 5.41) is 9.02. The van der Waals surface area contributed by atoms with Crippen LogP contribution in [0.3, 0.4) is 0 Å². The molecule has 2 heterocycles. The van der Waals surface area contributed by atoms with E-state index in [9.17, 15) is 0 Å². The van der Waals surface area contributed by atoms with Crippen LogP contribution in [0.4, 0.5) is 0 Å². The SMILES string of the molecule is CSc1nnc(Sc2ncc(Br)cc2Br)s1. The molecule has 0 aliphatic carbocycles. The zero-order valence-corrected chi connectivity index (χ0v) is 13.6. The topological polar surface area (TPSA) is 38.7 Å². The molecule has 0 radical (unpaired) electrons. The largest absolute Gasteiger partial charge is 0.247 e. The Balaban J connectivity index is 2.20. The fourth-order valence-corrected chi connectivity index (χ4v) is 4.42. The van der Waals surface area contributed by atoms with Gasteiger partial charge in [0.2, 0.25) is 0 Å². The normalized spacial score (nSPS) is 10.7. The molecule has 84 valence electrons. The third kappa shape index (κ3) is 3.19. The molecule has 0 amide bonds. The van der Waals surface area contributed by atoms with Gasteiger partial charge in [0.25, 0.3) is 0 Å². The molecule has 16 heavy (non-hydrogen) atoms. The van der Waals surface area contributed by atoms with E-state index in [1.165, 1.54) is 11.8 Å². The zero-order chi connectivity index (χ0) is 11.5. The molecule has 0 fully saturated rings. The van der Waals surface area contributed by atoms with E-state index in [0.717, 1.165) is 22.7 Å². The van der Waals surface area contributed by atoms with Crippen LogP contribution in [-0.4, -0.2) is 21.4 Å². The van der Waals surface area contributed by atoms with Gasteiger partial charge in [-0.2, -0.15) is 0 Å². The molecule has 0 aliphatic rings. The van der Waals surface area contributed by atoms with Crippen molar-refractivity contribution in [3.8, 4) is 0 Å². The van der Waals surface area contributed by atoms with Gasteiger partial charge in [-0.1, -0.05) is 23.1 Å². The molecule has 2 rings (SSSR count). The minimum Gasteiger partial charge on any atom is -0.247 e. The second kappa shape index (κ2) is 5.81. The Morgan fingerprint density at radius 2 is 2.00 bits per heavy atom. The van der Waals surface area contributed by atoms with E-state index in [2.05, 4.69) is 47.0 Å². The van der Waals surface area contributed by atoms with Crippen molar-refractivity contribution in [2.75, 3.05) is 6.26 Å². The van der Waals surface area contributed by atoms with Crippen molar-refractivity contribution < 1.29 is 0 Å². The molecule has 0 aliphatic heterocycles. The van der Waals surface area contributed by atoms with Gasteiger partial charge in [0.15, 0.2) is 8.68 Å². The molecule has 0 saturated carbocycles. The molecule has 0 aromatic carbocycles. The van der Waals surface area contributed by atoms with Gasteiger partial charge in [-0.25, -0.2) is 4.98 Å². The highest BCUT2D eigenvalue weighted by molar-refractivity contribution is 9.11. The van der Waals surface area contributed by atoms with Crippen LogP contribution < -0.4 is 0 Å². The highest BCUT2D eigenvalue weighted by Crippen LogP contribution is 2.35. The van der Waals surface area contributed by atoms with Crippen molar-refractivity contribution >= 4 is 66.7 Å². The fraction of sp³-hybridized carbons (Fsp3) is 0.125. The third-order valence-corrected chi connectivity index (χ3v) is 5.79. The second-order valence-corrected chi connectivity index (χ2v) is 7.62. The molecule has 0 N–H and O–H groups in total. The zero-order valence-electron chi connectivity index (χ0n) is 7.98. The van der Waals surface area contributed by atoms with Crippen LogP contribution in [0.2, 0.25) is 0 Å². The number of aromatic nitrogens is 3. The first kappa shape index (κ1) is 12.8. The standard InChI is InChI=1S/C8H5Br2N3S3/c1-14-7-12-13-8(16-7)15-6-5(10)2-4(9)3-11-6/h2-3H,1H3. The number of hydrogen-bond donors (Lipinski definition) is 0. The first-order valence-electron chi connectivity index (χ1n) is 4.05. The smallest absolute Gasteiger partial charge is 0.181 e. The van der Waals surface area contributed by atoms with E-state index in [1.54, 1.807) is 29.3 Å². The van der Waals surface area contributed by atoms with E-state index in [-0.39, 0.29) is 0 Å². The predicted molar refractivity (Wildman–Crippen MR) is 75.5 cm³/mol. The monoisotopic (exact) mass is 397 g/mol. The van der Waals surface area contributed by atoms with E-state index in [4.69, 9.17) is 0 Å². The molecule has 0 saturated heterocycles. The van der Waals surface area contributed by atoms with Gasteiger partial charge >= 0.3 is 0 Å². The molecule has 2 aromatic rings. The first-order valence-corrected chi connectivity index (χ1v) is 8.50. The number of hydrogen-bond acceptors (Lipinski definition) is 6. The van der Waals surface area contributed by atoms with Crippen LogP contribution >= 0.6 is 66.7 Å². The van der Waals surface area contributed by atoms with Gasteiger partial charge in [0.05, 0.1) is 4.47 Å². The molecular weight excluding hydrogens is 394 g/mol. The van der Waals surface area contributed by atoms with Crippen molar-refractivity contribution in [2.24, 2.45) is 0 Å². The Bertz CT molecular complexity index is 503. The van der Waals surface area contributed by atoms with Crippen molar-refractivity contribution in [1.82, 2.24) is 15.2 Å². The third-order valence-electron chi connectivity index (χ3n) is 1.52. The van der Waals surface area contributed by atoms with Crippen LogP contribution in [0.25, 0.3) is 0 Å². The average Bonchev–Trinajstić information content (AvgIpc) is 2.70. The minimum atomic E-state index is 0.895. The molecule has 0 atom stereocenters. The predicted octanol–water partition coefficient (Wildman–Crippen LogP) is 4.33. The fourth-order valence-electron chi connectivity index (χ4n) is 0.881. The Hall–Kier alpha value is 0.370. The average molecular weight is 399 g/mol. The highest BCUT2D eigenvalue weighted by Gasteiger charge is 2.09. The quantitative estimate of drug-likeness (QED) is 0.719. The van der Waals surface area contributed by atoms with Gasteiger partial charge in [-0.05, 0) is 55.9 Å². The molecule has 8 heteroatoms. The molecule has 0 spiro atoms. The van der Waals surface area contributed by atoms with Crippen LogP contribution in [0.15, 0.2) is 34.9 Å². The molecule has 0 unspecified atom stereocenters. The minimum absolute atomic E-state index is 0.895. The number of pyridine rings is 1. The van der Waals surface area contributed by atoms with Gasteiger partial charge in [0, 0.05) is 10.7 Å². The van der Waals surface area contributed by atoms with Crippen molar-refractivity contribution in [1.29, 1.82) is 0 Å². The Kier molecular flexibility index (Phi) is 4.66. The number of halogens is 2. The summed E-state index contributed by atoms with van der Waals surface area (Å²) in [6.45, 7) is 0. The first-order chi connectivity index (χ1) is 7.69. The molecule has 0 bridgehead atoms. The second-order valence-electron chi connectivity index (χ2n) is 2.58. The number of nitrogens with zero attached hydrogens (tertiary/aromatic N) is 3. The summed E-state index contributed by atoms with van der Waals surface area (Å²) < 4.78 is 3.77. The summed E-state index contributed by atoms with van der Waals surface area (Å²) in [4.78, 5) is 4.31. The summed E-state index contributed by atoms with van der Waals surface area (Å²) in [5.41, 5.74) is 0. The van der Waals surface area contributed by atoms with Gasteiger partial charge < -0.3 is 0 Å². The highest BCUT2D eigenvalue weighted by atomic mass is 79.9. The van der Waals surface area contributed by atoms with Crippen LogP contribution in [-0.2, 0) is 0 Å². The lowest BCUT2D eigenvalue weighted by atomic mass is 10.5. The van der Waals surface area contributed by atoms with Crippen LogP contribution in [0, 0.1) is 0 Å². The number of thioether (sulfide) groups is 1. The summed E-state index contributed by atoms with van der Waals surface area (Å²) in [6.07, 6.45) is 3.76. The molecule has 2 aromatic heterocycles. The van der Waals surface area contributed by atoms with E-state index >= 15 is 0 Å². The number of rotatable bonds is 3. The van der Waals surface area contributed by atoms with E-state index in [0.29, 0.717) is 0 Å². The maximum atomic E-state index is 4.31. The summed E-state index contributed by atoms with van der Waals surface area (Å²) in [6, 6.07) is 1.96. The maximum absolute atomic E-state index is 4.31. The van der Waals surface area contributed by atoms with E-state index in [1.807, 2.05) is 12.3 Å². The summed E-state index contributed by atoms with van der Waals surface area (Å²) in [5.74, 6) is 0. The Morgan fingerprint density at radius 3 is 2.62 bits per heavy atom. The van der Waals surface area contributed by atoms with Gasteiger partial charge in [-0.3, -0.25) is 0 Å². The van der Waals surface area contributed by atoms with Crippen molar-refractivity contribution in [2.45, 2.75) is 13.7 Å². The van der Waals surface area contributed by atoms with E-state index < -0.39 is 0 Å².